The highest BCUT2D eigenvalue weighted by molar-refractivity contribution is 7.99. The summed E-state index contributed by atoms with van der Waals surface area (Å²) in [6, 6.07) is 11.9. The summed E-state index contributed by atoms with van der Waals surface area (Å²) in [4.78, 5) is 19.9. The van der Waals surface area contributed by atoms with Gasteiger partial charge in [0.1, 0.15) is 0 Å². The van der Waals surface area contributed by atoms with Gasteiger partial charge < -0.3 is 5.32 Å². The lowest BCUT2D eigenvalue weighted by Gasteiger charge is -2.12. The van der Waals surface area contributed by atoms with E-state index in [2.05, 4.69) is 34.3 Å². The summed E-state index contributed by atoms with van der Waals surface area (Å²) >= 11 is 1.34. The molecule has 0 fully saturated rings. The van der Waals surface area contributed by atoms with Gasteiger partial charge in [0.2, 0.25) is 5.91 Å². The SMILES string of the molecule is C[C@@H](CNC(=O)CSc1ncccn1)c1ccccc1. The number of thioether (sulfide) groups is 1. The average molecular weight is 287 g/mol. The predicted octanol–water partition coefficient (Wildman–Crippen LogP) is 2.49. The number of rotatable bonds is 6. The Bertz CT molecular complexity index is 533. The van der Waals surface area contributed by atoms with E-state index >= 15 is 0 Å². The highest BCUT2D eigenvalue weighted by Gasteiger charge is 2.08. The molecule has 4 nitrogen and oxygen atoms in total. The highest BCUT2D eigenvalue weighted by atomic mass is 32.2. The van der Waals surface area contributed by atoms with Gasteiger partial charge in [0, 0.05) is 18.9 Å². The van der Waals surface area contributed by atoms with Crippen molar-refractivity contribution in [1.82, 2.24) is 15.3 Å². The molecular weight excluding hydrogens is 270 g/mol. The molecule has 0 radical (unpaired) electrons. The zero-order valence-corrected chi connectivity index (χ0v) is 12.1. The van der Waals surface area contributed by atoms with Crippen LogP contribution in [0.15, 0.2) is 53.9 Å². The number of carbonyl (C=O) groups is 1. The maximum absolute atomic E-state index is 11.8. The molecule has 2 aromatic rings. The Balaban J connectivity index is 1.73. The second-order valence-corrected chi connectivity index (χ2v) is 5.38. The van der Waals surface area contributed by atoms with E-state index in [9.17, 15) is 4.79 Å². The van der Waals surface area contributed by atoms with Crippen LogP contribution < -0.4 is 5.32 Å². The summed E-state index contributed by atoms with van der Waals surface area (Å²) in [7, 11) is 0. The van der Waals surface area contributed by atoms with Gasteiger partial charge in [-0.3, -0.25) is 4.79 Å². The maximum atomic E-state index is 11.8. The lowest BCUT2D eigenvalue weighted by Crippen LogP contribution is -2.29. The third kappa shape index (κ3) is 4.66. The van der Waals surface area contributed by atoms with Crippen LogP contribution in [0.4, 0.5) is 0 Å². The quantitative estimate of drug-likeness (QED) is 0.655. The first-order valence-corrected chi connectivity index (χ1v) is 7.45. The number of hydrogen-bond donors (Lipinski definition) is 1. The molecule has 1 amide bonds. The number of hydrogen-bond acceptors (Lipinski definition) is 4. The first-order chi connectivity index (χ1) is 9.75. The number of nitrogens with zero attached hydrogens (tertiary/aromatic N) is 2. The number of nitrogens with one attached hydrogen (secondary N) is 1. The molecule has 104 valence electrons. The Morgan fingerprint density at radius 2 is 1.90 bits per heavy atom. The smallest absolute Gasteiger partial charge is 0.230 e. The van der Waals surface area contributed by atoms with E-state index < -0.39 is 0 Å². The van der Waals surface area contributed by atoms with Crippen molar-refractivity contribution in [1.29, 1.82) is 0 Å². The minimum absolute atomic E-state index is 0.00485. The Hall–Kier alpha value is -1.88. The fraction of sp³-hybridized carbons (Fsp3) is 0.267. The lowest BCUT2D eigenvalue weighted by molar-refractivity contribution is -0.118. The molecule has 5 heteroatoms. The minimum atomic E-state index is 0.00485. The van der Waals surface area contributed by atoms with Gasteiger partial charge in [0.15, 0.2) is 5.16 Å². The monoisotopic (exact) mass is 287 g/mol. The van der Waals surface area contributed by atoms with Gasteiger partial charge in [-0.2, -0.15) is 0 Å². The van der Waals surface area contributed by atoms with Gasteiger partial charge in [-0.25, -0.2) is 9.97 Å². The molecule has 0 spiro atoms. The molecule has 0 saturated heterocycles. The predicted molar refractivity (Wildman–Crippen MR) is 80.6 cm³/mol. The van der Waals surface area contributed by atoms with Gasteiger partial charge in [0.25, 0.3) is 0 Å². The lowest BCUT2D eigenvalue weighted by atomic mass is 10.0. The molecule has 0 aliphatic rings. The van der Waals surface area contributed by atoms with Crippen LogP contribution in [0.1, 0.15) is 18.4 Å². The molecule has 0 saturated carbocycles. The molecule has 0 aliphatic heterocycles. The number of benzene rings is 1. The number of carbonyl (C=O) groups excluding carboxylic acids is 1. The Morgan fingerprint density at radius 3 is 2.60 bits per heavy atom. The normalized spacial score (nSPS) is 11.8. The van der Waals surface area contributed by atoms with Crippen LogP contribution in [0.2, 0.25) is 0 Å². The van der Waals surface area contributed by atoms with E-state index in [1.807, 2.05) is 18.2 Å². The van der Waals surface area contributed by atoms with Crippen molar-refractivity contribution in [2.75, 3.05) is 12.3 Å². The largest absolute Gasteiger partial charge is 0.355 e. The molecule has 2 rings (SSSR count). The molecule has 0 unspecified atom stereocenters. The van der Waals surface area contributed by atoms with Crippen LogP contribution >= 0.6 is 11.8 Å². The van der Waals surface area contributed by atoms with Crippen LogP contribution in [0.5, 0.6) is 0 Å². The molecule has 0 bridgehead atoms. The van der Waals surface area contributed by atoms with Crippen LogP contribution in [-0.4, -0.2) is 28.2 Å². The van der Waals surface area contributed by atoms with Crippen molar-refractivity contribution in [2.24, 2.45) is 0 Å². The van der Waals surface area contributed by atoms with Crippen molar-refractivity contribution in [2.45, 2.75) is 18.0 Å². The van der Waals surface area contributed by atoms with Crippen molar-refractivity contribution < 1.29 is 4.79 Å². The van der Waals surface area contributed by atoms with Gasteiger partial charge in [-0.05, 0) is 17.5 Å². The third-order valence-electron chi connectivity index (χ3n) is 2.85. The highest BCUT2D eigenvalue weighted by Crippen LogP contribution is 2.14. The molecule has 1 atom stereocenters. The first-order valence-electron chi connectivity index (χ1n) is 6.47. The van der Waals surface area contributed by atoms with Crippen molar-refractivity contribution in [3.63, 3.8) is 0 Å². The van der Waals surface area contributed by atoms with Crippen LogP contribution in [0.25, 0.3) is 0 Å². The zero-order chi connectivity index (χ0) is 14.2. The fourth-order valence-electron chi connectivity index (χ4n) is 1.71. The number of aromatic nitrogens is 2. The Kier molecular flexibility index (Phi) is 5.55. The van der Waals surface area contributed by atoms with Gasteiger partial charge in [0.05, 0.1) is 5.75 Å². The molecule has 1 heterocycles. The van der Waals surface area contributed by atoms with Crippen molar-refractivity contribution in [3.8, 4) is 0 Å². The van der Waals surface area contributed by atoms with Gasteiger partial charge in [-0.1, -0.05) is 49.0 Å². The molecule has 0 aliphatic carbocycles. The van der Waals surface area contributed by atoms with Crippen LogP contribution in [0, 0.1) is 0 Å². The minimum Gasteiger partial charge on any atom is -0.355 e. The van der Waals surface area contributed by atoms with E-state index in [1.54, 1.807) is 18.5 Å². The molecule has 20 heavy (non-hydrogen) atoms. The second-order valence-electron chi connectivity index (χ2n) is 4.44. The van der Waals surface area contributed by atoms with Gasteiger partial charge >= 0.3 is 0 Å². The zero-order valence-electron chi connectivity index (χ0n) is 11.3. The molecule has 1 aromatic carbocycles. The van der Waals surface area contributed by atoms with E-state index in [4.69, 9.17) is 0 Å². The number of amides is 1. The first kappa shape index (κ1) is 14.5. The average Bonchev–Trinajstić information content (AvgIpc) is 2.52. The molecule has 1 N–H and O–H groups in total. The van der Waals surface area contributed by atoms with Crippen LogP contribution in [0.3, 0.4) is 0 Å². The summed E-state index contributed by atoms with van der Waals surface area (Å²) in [6.07, 6.45) is 3.34. The van der Waals surface area contributed by atoms with Gasteiger partial charge in [-0.15, -0.1) is 0 Å². The molecule has 1 aromatic heterocycles. The summed E-state index contributed by atoms with van der Waals surface area (Å²) in [5.41, 5.74) is 1.23. The van der Waals surface area contributed by atoms with Crippen molar-refractivity contribution in [3.05, 3.63) is 54.4 Å². The van der Waals surface area contributed by atoms with Crippen molar-refractivity contribution >= 4 is 17.7 Å². The Labute approximate surface area is 123 Å². The molecular formula is C15H17N3OS. The van der Waals surface area contributed by atoms with E-state index in [1.165, 1.54) is 17.3 Å². The topological polar surface area (TPSA) is 54.9 Å². The fourth-order valence-corrected chi connectivity index (χ4v) is 2.34. The summed E-state index contributed by atoms with van der Waals surface area (Å²) in [5, 5.41) is 3.56. The second kappa shape index (κ2) is 7.65. The van der Waals surface area contributed by atoms with E-state index in [-0.39, 0.29) is 5.91 Å². The van der Waals surface area contributed by atoms with E-state index in [0.29, 0.717) is 23.4 Å². The Morgan fingerprint density at radius 1 is 1.20 bits per heavy atom. The van der Waals surface area contributed by atoms with Crippen LogP contribution in [-0.2, 0) is 4.79 Å². The third-order valence-corrected chi connectivity index (χ3v) is 3.72. The van der Waals surface area contributed by atoms with E-state index in [0.717, 1.165) is 0 Å². The summed E-state index contributed by atoms with van der Waals surface area (Å²) in [5.74, 6) is 0.647. The maximum Gasteiger partial charge on any atom is 0.230 e. The summed E-state index contributed by atoms with van der Waals surface area (Å²) < 4.78 is 0. The standard InChI is InChI=1S/C15H17N3OS/c1-12(13-6-3-2-4-7-13)10-18-14(19)11-20-15-16-8-5-9-17-15/h2-9,12H,10-11H2,1H3,(H,18,19)/t12-/m0/s1. The summed E-state index contributed by atoms with van der Waals surface area (Å²) in [6.45, 7) is 2.74.